The fourth-order valence-corrected chi connectivity index (χ4v) is 1.41. The highest BCUT2D eigenvalue weighted by Gasteiger charge is 2.25. The molecule has 14 heavy (non-hydrogen) atoms. The van der Waals surface area contributed by atoms with Crippen LogP contribution in [-0.2, 0) is 9.59 Å². The lowest BCUT2D eigenvalue weighted by atomic mass is 10.1. The van der Waals surface area contributed by atoms with E-state index >= 15 is 0 Å². The topological polar surface area (TPSA) is 83.6 Å². The molecule has 0 aromatic carbocycles. The Labute approximate surface area is 83.9 Å². The smallest absolute Gasteiger partial charge is 0.317 e. The third-order valence-corrected chi connectivity index (χ3v) is 2.10. The van der Waals surface area contributed by atoms with Crippen LogP contribution in [0.3, 0.4) is 0 Å². The van der Waals surface area contributed by atoms with Gasteiger partial charge in [0.25, 0.3) is 0 Å². The summed E-state index contributed by atoms with van der Waals surface area (Å²) < 4.78 is 0. The highest BCUT2D eigenvalue weighted by molar-refractivity contribution is 5.80. The molecule has 0 aromatic heterocycles. The number of nitrogens with zero attached hydrogens (tertiary/aromatic N) is 1. The third kappa shape index (κ3) is 3.74. The standard InChI is InChI=1S/C9H18N2O3/c1-4-7(9(10)14)11(6(2)3)5-8(12)13/h6-7H,4-5H2,1-3H3,(H2,10,14)(H,12,13). The average molecular weight is 202 g/mol. The minimum atomic E-state index is -0.946. The Bertz CT molecular complexity index is 216. The number of carboxylic acids is 1. The number of hydrogen-bond acceptors (Lipinski definition) is 3. The Morgan fingerprint density at radius 3 is 2.14 bits per heavy atom. The van der Waals surface area contributed by atoms with Gasteiger partial charge < -0.3 is 10.8 Å². The summed E-state index contributed by atoms with van der Waals surface area (Å²) in [5.74, 6) is -1.42. The van der Waals surface area contributed by atoms with Crippen molar-refractivity contribution in [3.63, 3.8) is 0 Å². The molecule has 0 aliphatic rings. The monoisotopic (exact) mass is 202 g/mol. The van der Waals surface area contributed by atoms with Crippen molar-refractivity contribution in [1.82, 2.24) is 4.90 Å². The first-order valence-electron chi connectivity index (χ1n) is 4.67. The number of aliphatic carboxylic acids is 1. The van der Waals surface area contributed by atoms with Crippen LogP contribution in [0, 0.1) is 0 Å². The molecular formula is C9H18N2O3. The Hall–Kier alpha value is -1.10. The molecule has 0 saturated heterocycles. The summed E-state index contributed by atoms with van der Waals surface area (Å²) in [7, 11) is 0. The largest absolute Gasteiger partial charge is 0.480 e. The van der Waals surface area contributed by atoms with Crippen LogP contribution >= 0.6 is 0 Å². The predicted octanol–water partition coefficient (Wildman–Crippen LogP) is 0.0453. The summed E-state index contributed by atoms with van der Waals surface area (Å²) in [5, 5.41) is 8.67. The molecule has 0 fully saturated rings. The second-order valence-electron chi connectivity index (χ2n) is 3.49. The lowest BCUT2D eigenvalue weighted by Crippen LogP contribution is -2.49. The molecule has 0 heterocycles. The van der Waals surface area contributed by atoms with Crippen molar-refractivity contribution in [2.75, 3.05) is 6.54 Å². The molecule has 0 spiro atoms. The van der Waals surface area contributed by atoms with Crippen molar-refractivity contribution in [2.45, 2.75) is 39.3 Å². The Morgan fingerprint density at radius 1 is 1.43 bits per heavy atom. The second kappa shape index (κ2) is 5.59. The fraction of sp³-hybridized carbons (Fsp3) is 0.778. The number of carbonyl (C=O) groups is 2. The summed E-state index contributed by atoms with van der Waals surface area (Å²) in [4.78, 5) is 23.2. The fourth-order valence-electron chi connectivity index (χ4n) is 1.41. The van der Waals surface area contributed by atoms with Crippen LogP contribution in [0.4, 0.5) is 0 Å². The van der Waals surface area contributed by atoms with Crippen LogP contribution in [0.25, 0.3) is 0 Å². The van der Waals surface area contributed by atoms with Crippen LogP contribution < -0.4 is 5.73 Å². The summed E-state index contributed by atoms with van der Waals surface area (Å²) in [5.41, 5.74) is 5.19. The predicted molar refractivity (Wildman–Crippen MR) is 52.8 cm³/mol. The summed E-state index contributed by atoms with van der Waals surface area (Å²) in [6.07, 6.45) is 0.529. The number of amides is 1. The van der Waals surface area contributed by atoms with Gasteiger partial charge in [0.2, 0.25) is 5.91 Å². The Morgan fingerprint density at radius 2 is 1.93 bits per heavy atom. The van der Waals surface area contributed by atoms with Gasteiger partial charge in [0.1, 0.15) is 0 Å². The van der Waals surface area contributed by atoms with Crippen LogP contribution in [-0.4, -0.2) is 40.5 Å². The molecule has 5 heteroatoms. The van der Waals surface area contributed by atoms with E-state index in [1.54, 1.807) is 4.90 Å². The van der Waals surface area contributed by atoms with Gasteiger partial charge in [0, 0.05) is 6.04 Å². The van der Waals surface area contributed by atoms with E-state index in [4.69, 9.17) is 10.8 Å². The number of primary amides is 1. The first kappa shape index (κ1) is 12.9. The van der Waals surface area contributed by atoms with E-state index in [-0.39, 0.29) is 12.6 Å². The molecule has 0 bridgehead atoms. The zero-order valence-electron chi connectivity index (χ0n) is 8.86. The maximum atomic E-state index is 11.0. The zero-order valence-corrected chi connectivity index (χ0v) is 8.86. The van der Waals surface area contributed by atoms with E-state index in [1.807, 2.05) is 20.8 Å². The van der Waals surface area contributed by atoms with Crippen molar-refractivity contribution in [3.8, 4) is 0 Å². The maximum Gasteiger partial charge on any atom is 0.317 e. The van der Waals surface area contributed by atoms with E-state index in [0.717, 1.165) is 0 Å². The zero-order chi connectivity index (χ0) is 11.3. The van der Waals surface area contributed by atoms with Gasteiger partial charge in [0.05, 0.1) is 12.6 Å². The number of carboxylic acid groups (broad SMARTS) is 1. The molecule has 1 atom stereocenters. The molecule has 5 nitrogen and oxygen atoms in total. The van der Waals surface area contributed by atoms with Gasteiger partial charge in [-0.2, -0.15) is 0 Å². The van der Waals surface area contributed by atoms with Gasteiger partial charge in [-0.3, -0.25) is 14.5 Å². The summed E-state index contributed by atoms with van der Waals surface area (Å²) in [6.45, 7) is 5.34. The molecule has 0 aromatic rings. The van der Waals surface area contributed by atoms with Gasteiger partial charge in [-0.05, 0) is 20.3 Å². The maximum absolute atomic E-state index is 11.0. The SMILES string of the molecule is CCC(C(N)=O)N(CC(=O)O)C(C)C. The van der Waals surface area contributed by atoms with Crippen molar-refractivity contribution in [2.24, 2.45) is 5.73 Å². The molecule has 82 valence electrons. The van der Waals surface area contributed by atoms with Gasteiger partial charge in [0.15, 0.2) is 0 Å². The average Bonchev–Trinajstić information content (AvgIpc) is 2.02. The third-order valence-electron chi connectivity index (χ3n) is 2.10. The van der Waals surface area contributed by atoms with Crippen molar-refractivity contribution < 1.29 is 14.7 Å². The van der Waals surface area contributed by atoms with Gasteiger partial charge >= 0.3 is 5.97 Å². The van der Waals surface area contributed by atoms with E-state index in [9.17, 15) is 9.59 Å². The van der Waals surface area contributed by atoms with Crippen LogP contribution in [0.5, 0.6) is 0 Å². The molecule has 1 amide bonds. The number of rotatable bonds is 6. The summed E-state index contributed by atoms with van der Waals surface area (Å²) in [6, 6.07) is -0.505. The summed E-state index contributed by atoms with van der Waals surface area (Å²) >= 11 is 0. The van der Waals surface area contributed by atoms with E-state index < -0.39 is 17.9 Å². The lowest BCUT2D eigenvalue weighted by Gasteiger charge is -2.30. The van der Waals surface area contributed by atoms with Crippen LogP contribution in [0.15, 0.2) is 0 Å². The van der Waals surface area contributed by atoms with Gasteiger partial charge in [-0.15, -0.1) is 0 Å². The minimum Gasteiger partial charge on any atom is -0.480 e. The highest BCUT2D eigenvalue weighted by atomic mass is 16.4. The molecular weight excluding hydrogens is 184 g/mol. The van der Waals surface area contributed by atoms with E-state index in [1.165, 1.54) is 0 Å². The van der Waals surface area contributed by atoms with Gasteiger partial charge in [-0.25, -0.2) is 0 Å². The van der Waals surface area contributed by atoms with Crippen molar-refractivity contribution in [3.05, 3.63) is 0 Å². The van der Waals surface area contributed by atoms with Crippen molar-refractivity contribution in [1.29, 1.82) is 0 Å². The minimum absolute atomic E-state index is 0.0106. The molecule has 0 saturated carbocycles. The second-order valence-corrected chi connectivity index (χ2v) is 3.49. The molecule has 0 rings (SSSR count). The number of hydrogen-bond donors (Lipinski definition) is 2. The van der Waals surface area contributed by atoms with Gasteiger partial charge in [-0.1, -0.05) is 6.92 Å². The molecule has 0 aliphatic heterocycles. The van der Waals surface area contributed by atoms with E-state index in [0.29, 0.717) is 6.42 Å². The number of carbonyl (C=O) groups excluding carboxylic acids is 1. The van der Waals surface area contributed by atoms with Crippen molar-refractivity contribution >= 4 is 11.9 Å². The lowest BCUT2D eigenvalue weighted by molar-refractivity contribution is -0.140. The molecule has 1 unspecified atom stereocenters. The van der Waals surface area contributed by atoms with E-state index in [2.05, 4.69) is 0 Å². The van der Waals surface area contributed by atoms with Crippen LogP contribution in [0.1, 0.15) is 27.2 Å². The number of nitrogens with two attached hydrogens (primary N) is 1. The molecule has 0 aliphatic carbocycles. The molecule has 3 N–H and O–H groups in total. The molecule has 0 radical (unpaired) electrons. The first-order valence-corrected chi connectivity index (χ1v) is 4.67. The normalized spacial score (nSPS) is 13.2. The van der Waals surface area contributed by atoms with Crippen LogP contribution in [0.2, 0.25) is 0 Å². The highest BCUT2D eigenvalue weighted by Crippen LogP contribution is 2.08. The Kier molecular flexibility index (Phi) is 5.15. The first-order chi connectivity index (χ1) is 6.40. The Balaban J connectivity index is 4.60. The quantitative estimate of drug-likeness (QED) is 0.637.